The monoisotopic (exact) mass is 286 g/mol. The predicted molar refractivity (Wildman–Crippen MR) is 82.6 cm³/mol. The predicted octanol–water partition coefficient (Wildman–Crippen LogP) is 4.01. The summed E-state index contributed by atoms with van der Waals surface area (Å²) in [5.74, 6) is 2.63. The maximum Gasteiger partial charge on any atom is 0.169 e. The van der Waals surface area contributed by atoms with Gasteiger partial charge >= 0.3 is 0 Å². The minimum absolute atomic E-state index is 0.165. The highest BCUT2D eigenvalue weighted by atomic mass is 16.5. The number of ether oxygens (including phenoxy) is 1. The summed E-state index contributed by atoms with van der Waals surface area (Å²) < 4.78 is 5.78. The average Bonchev–Trinajstić information content (AvgIpc) is 2.48. The van der Waals surface area contributed by atoms with Gasteiger partial charge in [0.15, 0.2) is 5.75 Å². The fourth-order valence-corrected chi connectivity index (χ4v) is 1.95. The van der Waals surface area contributed by atoms with Crippen molar-refractivity contribution in [1.82, 2.24) is 9.97 Å². The third-order valence-corrected chi connectivity index (χ3v) is 3.29. The van der Waals surface area contributed by atoms with Crippen LogP contribution in [0.25, 0.3) is 0 Å². The van der Waals surface area contributed by atoms with Crippen LogP contribution in [0.3, 0.4) is 0 Å². The van der Waals surface area contributed by atoms with Crippen LogP contribution >= 0.6 is 0 Å². The van der Waals surface area contributed by atoms with E-state index < -0.39 is 0 Å². The van der Waals surface area contributed by atoms with Gasteiger partial charge in [-0.05, 0) is 23.6 Å². The van der Waals surface area contributed by atoms with Crippen LogP contribution in [0.1, 0.15) is 56.6 Å². The molecule has 0 aliphatic rings. The Labute approximate surface area is 125 Å². The highest BCUT2D eigenvalue weighted by Gasteiger charge is 2.11. The van der Waals surface area contributed by atoms with Crippen molar-refractivity contribution in [2.24, 2.45) is 0 Å². The minimum Gasteiger partial charge on any atom is -0.454 e. The standard InChI is InChI=1S/C17H22N2O2/c1-11(2)13-5-7-14(8-6-13)21-16-9-18-17(12(3)4)19-15(16)10-20/h5-9,11-12,20H,10H2,1-4H3. The minimum atomic E-state index is -0.165. The Morgan fingerprint density at radius 2 is 1.71 bits per heavy atom. The van der Waals surface area contributed by atoms with Gasteiger partial charge in [0.2, 0.25) is 0 Å². The molecule has 0 saturated heterocycles. The lowest BCUT2D eigenvalue weighted by Gasteiger charge is -2.12. The van der Waals surface area contributed by atoms with E-state index in [4.69, 9.17) is 4.74 Å². The maximum absolute atomic E-state index is 9.45. The molecule has 1 aromatic heterocycles. The highest BCUT2D eigenvalue weighted by molar-refractivity contribution is 5.35. The van der Waals surface area contributed by atoms with E-state index >= 15 is 0 Å². The van der Waals surface area contributed by atoms with Gasteiger partial charge < -0.3 is 9.84 Å². The lowest BCUT2D eigenvalue weighted by atomic mass is 10.0. The molecule has 0 unspecified atom stereocenters. The van der Waals surface area contributed by atoms with E-state index in [-0.39, 0.29) is 12.5 Å². The second kappa shape index (κ2) is 6.68. The summed E-state index contributed by atoms with van der Waals surface area (Å²) in [6, 6.07) is 7.93. The molecule has 4 heteroatoms. The van der Waals surface area contributed by atoms with E-state index in [9.17, 15) is 5.11 Å². The molecule has 0 fully saturated rings. The van der Waals surface area contributed by atoms with Gasteiger partial charge in [0.25, 0.3) is 0 Å². The van der Waals surface area contributed by atoms with Crippen LogP contribution in [0, 0.1) is 0 Å². The zero-order valence-electron chi connectivity index (χ0n) is 13.0. The zero-order valence-corrected chi connectivity index (χ0v) is 13.0. The Kier molecular flexibility index (Phi) is 4.91. The molecule has 1 heterocycles. The smallest absolute Gasteiger partial charge is 0.169 e. The lowest BCUT2D eigenvalue weighted by molar-refractivity contribution is 0.270. The summed E-state index contributed by atoms with van der Waals surface area (Å²) in [5, 5.41) is 9.45. The number of hydrogen-bond acceptors (Lipinski definition) is 4. The number of hydrogen-bond donors (Lipinski definition) is 1. The van der Waals surface area contributed by atoms with Crippen LogP contribution in [0.4, 0.5) is 0 Å². The molecule has 0 radical (unpaired) electrons. The molecule has 112 valence electrons. The zero-order chi connectivity index (χ0) is 15.4. The first kappa shape index (κ1) is 15.4. The van der Waals surface area contributed by atoms with Gasteiger partial charge in [0, 0.05) is 5.92 Å². The molecule has 4 nitrogen and oxygen atoms in total. The van der Waals surface area contributed by atoms with Crippen molar-refractivity contribution in [2.75, 3.05) is 0 Å². The van der Waals surface area contributed by atoms with E-state index in [1.165, 1.54) is 5.56 Å². The third-order valence-electron chi connectivity index (χ3n) is 3.29. The van der Waals surface area contributed by atoms with E-state index in [1.807, 2.05) is 38.1 Å². The van der Waals surface area contributed by atoms with Gasteiger partial charge in [-0.15, -0.1) is 0 Å². The second-order valence-electron chi connectivity index (χ2n) is 5.68. The molecular formula is C17H22N2O2. The van der Waals surface area contributed by atoms with Crippen molar-refractivity contribution < 1.29 is 9.84 Å². The van der Waals surface area contributed by atoms with Crippen LogP contribution in [-0.2, 0) is 6.61 Å². The Hall–Kier alpha value is -1.94. The fraction of sp³-hybridized carbons (Fsp3) is 0.412. The van der Waals surface area contributed by atoms with Crippen LogP contribution in [0.15, 0.2) is 30.5 Å². The highest BCUT2D eigenvalue weighted by Crippen LogP contribution is 2.26. The summed E-state index contributed by atoms with van der Waals surface area (Å²) in [6.07, 6.45) is 1.63. The topological polar surface area (TPSA) is 55.2 Å². The van der Waals surface area contributed by atoms with Gasteiger partial charge in [0.05, 0.1) is 12.8 Å². The normalized spacial score (nSPS) is 11.2. The number of benzene rings is 1. The van der Waals surface area contributed by atoms with Gasteiger partial charge in [-0.1, -0.05) is 39.8 Å². The van der Waals surface area contributed by atoms with Crippen molar-refractivity contribution in [1.29, 1.82) is 0 Å². The molecule has 1 N–H and O–H groups in total. The Morgan fingerprint density at radius 3 is 2.24 bits per heavy atom. The summed E-state index contributed by atoms with van der Waals surface area (Å²) in [7, 11) is 0. The maximum atomic E-state index is 9.45. The van der Waals surface area contributed by atoms with Gasteiger partial charge in [-0.2, -0.15) is 0 Å². The molecule has 21 heavy (non-hydrogen) atoms. The largest absolute Gasteiger partial charge is 0.454 e. The average molecular weight is 286 g/mol. The molecule has 0 atom stereocenters. The Morgan fingerprint density at radius 1 is 1.05 bits per heavy atom. The summed E-state index contributed by atoms with van der Waals surface area (Å²) in [6.45, 7) is 8.17. The SMILES string of the molecule is CC(C)c1ccc(Oc2cnc(C(C)C)nc2CO)cc1. The lowest BCUT2D eigenvalue weighted by Crippen LogP contribution is -2.03. The van der Waals surface area contributed by atoms with Crippen molar-refractivity contribution in [3.8, 4) is 11.5 Å². The molecule has 2 aromatic rings. The molecule has 0 saturated carbocycles. The third kappa shape index (κ3) is 3.79. The molecule has 1 aromatic carbocycles. The van der Waals surface area contributed by atoms with Crippen molar-refractivity contribution in [2.45, 2.75) is 46.1 Å². The Balaban J connectivity index is 2.22. The van der Waals surface area contributed by atoms with Crippen LogP contribution in [0.5, 0.6) is 11.5 Å². The van der Waals surface area contributed by atoms with E-state index in [1.54, 1.807) is 6.20 Å². The van der Waals surface area contributed by atoms with Crippen molar-refractivity contribution in [3.05, 3.63) is 47.5 Å². The number of aliphatic hydroxyl groups excluding tert-OH is 1. The molecule has 0 bridgehead atoms. The van der Waals surface area contributed by atoms with Gasteiger partial charge in [-0.3, -0.25) is 0 Å². The quantitative estimate of drug-likeness (QED) is 0.902. The van der Waals surface area contributed by atoms with Crippen LogP contribution < -0.4 is 4.74 Å². The van der Waals surface area contributed by atoms with Crippen LogP contribution in [0.2, 0.25) is 0 Å². The van der Waals surface area contributed by atoms with Gasteiger partial charge in [0.1, 0.15) is 17.3 Å². The summed E-state index contributed by atoms with van der Waals surface area (Å²) in [5.41, 5.74) is 1.78. The van der Waals surface area contributed by atoms with Crippen molar-refractivity contribution in [3.63, 3.8) is 0 Å². The molecule has 0 aliphatic carbocycles. The van der Waals surface area contributed by atoms with Gasteiger partial charge in [-0.25, -0.2) is 9.97 Å². The number of rotatable bonds is 5. The summed E-state index contributed by atoms with van der Waals surface area (Å²) >= 11 is 0. The first-order valence-electron chi connectivity index (χ1n) is 7.25. The molecule has 0 aliphatic heterocycles. The van der Waals surface area contributed by atoms with Crippen molar-refractivity contribution >= 4 is 0 Å². The molecule has 2 rings (SSSR count). The second-order valence-corrected chi connectivity index (χ2v) is 5.68. The molecular weight excluding hydrogens is 264 g/mol. The number of aromatic nitrogens is 2. The number of nitrogens with zero attached hydrogens (tertiary/aromatic N) is 2. The van der Waals surface area contributed by atoms with Crippen LogP contribution in [-0.4, -0.2) is 15.1 Å². The first-order valence-corrected chi connectivity index (χ1v) is 7.25. The summed E-state index contributed by atoms with van der Waals surface area (Å²) in [4.78, 5) is 8.63. The fourth-order valence-electron chi connectivity index (χ4n) is 1.95. The number of aliphatic hydroxyl groups is 1. The Bertz CT molecular complexity index is 592. The first-order chi connectivity index (χ1) is 10.0. The van der Waals surface area contributed by atoms with E-state index in [0.717, 1.165) is 5.75 Å². The van der Waals surface area contributed by atoms with E-state index in [2.05, 4.69) is 23.8 Å². The molecule has 0 amide bonds. The molecule has 0 spiro atoms. The van der Waals surface area contributed by atoms with E-state index in [0.29, 0.717) is 23.2 Å².